The number of rotatable bonds is 9. The molecule has 3 aromatic rings. The summed E-state index contributed by atoms with van der Waals surface area (Å²) in [5.74, 6) is 0.339. The van der Waals surface area contributed by atoms with E-state index in [-0.39, 0.29) is 17.9 Å². The van der Waals surface area contributed by atoms with Gasteiger partial charge in [-0.3, -0.25) is 14.5 Å². The minimum atomic E-state index is -0.541. The fourth-order valence-electron chi connectivity index (χ4n) is 6.77. The van der Waals surface area contributed by atoms with Crippen LogP contribution in [0.2, 0.25) is 0 Å². The number of piperazine rings is 1. The number of nitrogens with zero attached hydrogens (tertiary/aromatic N) is 3. The SMILES string of the molecule is COc1cc2c(cc1OC)[C@@H](C(=O)NCCCN1CCN(Cc3ccccc3)CC1)[C@@H]1c3ccccc3CCN1C2=O. The van der Waals surface area contributed by atoms with Crippen LogP contribution >= 0.6 is 0 Å². The summed E-state index contributed by atoms with van der Waals surface area (Å²) in [6.07, 6.45) is 1.65. The van der Waals surface area contributed by atoms with Crippen molar-refractivity contribution in [2.24, 2.45) is 0 Å². The Balaban J connectivity index is 1.13. The first-order valence-corrected chi connectivity index (χ1v) is 15.0. The highest BCUT2D eigenvalue weighted by atomic mass is 16.5. The normalized spacial score (nSPS) is 20.3. The van der Waals surface area contributed by atoms with Gasteiger partial charge in [-0.25, -0.2) is 0 Å². The van der Waals surface area contributed by atoms with Gasteiger partial charge in [0.25, 0.3) is 5.91 Å². The fourth-order valence-corrected chi connectivity index (χ4v) is 6.77. The predicted molar refractivity (Wildman–Crippen MR) is 162 cm³/mol. The van der Waals surface area contributed by atoms with Crippen LogP contribution in [0.25, 0.3) is 0 Å². The minimum Gasteiger partial charge on any atom is -0.493 e. The number of methoxy groups -OCH3 is 2. The lowest BCUT2D eigenvalue weighted by atomic mass is 9.75. The summed E-state index contributed by atoms with van der Waals surface area (Å²) in [6, 6.07) is 22.0. The van der Waals surface area contributed by atoms with Gasteiger partial charge >= 0.3 is 0 Å². The number of amides is 2. The summed E-state index contributed by atoms with van der Waals surface area (Å²) in [5, 5.41) is 3.23. The average molecular weight is 569 g/mol. The lowest BCUT2D eigenvalue weighted by Crippen LogP contribution is -2.50. The van der Waals surface area contributed by atoms with Crippen LogP contribution in [0.15, 0.2) is 66.7 Å². The summed E-state index contributed by atoms with van der Waals surface area (Å²) in [5.41, 5.74) is 4.81. The van der Waals surface area contributed by atoms with Crippen LogP contribution < -0.4 is 14.8 Å². The van der Waals surface area contributed by atoms with E-state index in [0.717, 1.165) is 57.7 Å². The molecule has 42 heavy (non-hydrogen) atoms. The summed E-state index contributed by atoms with van der Waals surface area (Å²) >= 11 is 0. The average Bonchev–Trinajstić information content (AvgIpc) is 3.03. The number of hydrogen-bond donors (Lipinski definition) is 1. The smallest absolute Gasteiger partial charge is 0.254 e. The fraction of sp³-hybridized carbons (Fsp3) is 0.412. The van der Waals surface area contributed by atoms with Gasteiger partial charge in [-0.15, -0.1) is 0 Å². The summed E-state index contributed by atoms with van der Waals surface area (Å²) < 4.78 is 11.1. The van der Waals surface area contributed by atoms with Crippen LogP contribution in [0.3, 0.4) is 0 Å². The molecule has 3 aromatic carbocycles. The Morgan fingerprint density at radius 2 is 1.55 bits per heavy atom. The van der Waals surface area contributed by atoms with E-state index in [1.807, 2.05) is 23.1 Å². The van der Waals surface area contributed by atoms with Crippen LogP contribution in [-0.2, 0) is 17.8 Å². The molecule has 8 heteroatoms. The summed E-state index contributed by atoms with van der Waals surface area (Å²) in [7, 11) is 3.14. The molecular formula is C34H40N4O4. The quantitative estimate of drug-likeness (QED) is 0.395. The van der Waals surface area contributed by atoms with E-state index in [1.54, 1.807) is 20.3 Å². The molecule has 2 atom stereocenters. The van der Waals surface area contributed by atoms with Crippen molar-refractivity contribution >= 4 is 11.8 Å². The molecule has 0 aromatic heterocycles. The zero-order valence-corrected chi connectivity index (χ0v) is 24.6. The van der Waals surface area contributed by atoms with Crippen molar-refractivity contribution in [3.8, 4) is 11.5 Å². The molecule has 1 saturated heterocycles. The highest BCUT2D eigenvalue weighted by molar-refractivity contribution is 6.02. The van der Waals surface area contributed by atoms with E-state index in [0.29, 0.717) is 35.7 Å². The van der Waals surface area contributed by atoms with Crippen molar-refractivity contribution in [2.45, 2.75) is 31.3 Å². The van der Waals surface area contributed by atoms with E-state index in [4.69, 9.17) is 9.47 Å². The Morgan fingerprint density at radius 1 is 0.857 bits per heavy atom. The molecule has 0 radical (unpaired) electrons. The first kappa shape index (κ1) is 28.2. The van der Waals surface area contributed by atoms with Crippen molar-refractivity contribution in [3.63, 3.8) is 0 Å². The van der Waals surface area contributed by atoms with E-state index < -0.39 is 5.92 Å². The van der Waals surface area contributed by atoms with Gasteiger partial charge in [-0.2, -0.15) is 0 Å². The Kier molecular flexibility index (Phi) is 8.44. The van der Waals surface area contributed by atoms with E-state index in [1.165, 1.54) is 11.1 Å². The number of carbonyl (C=O) groups is 2. The van der Waals surface area contributed by atoms with Crippen molar-refractivity contribution in [1.82, 2.24) is 20.0 Å². The van der Waals surface area contributed by atoms with Crippen molar-refractivity contribution in [3.05, 3.63) is 94.5 Å². The number of nitrogens with one attached hydrogen (secondary N) is 1. The van der Waals surface area contributed by atoms with Crippen molar-refractivity contribution in [2.75, 3.05) is 60.0 Å². The molecule has 3 heterocycles. The largest absolute Gasteiger partial charge is 0.493 e. The first-order chi connectivity index (χ1) is 20.6. The van der Waals surface area contributed by atoms with Crippen LogP contribution in [0.1, 0.15) is 51.0 Å². The van der Waals surface area contributed by atoms with Crippen LogP contribution in [-0.4, -0.2) is 86.5 Å². The third-order valence-electron chi connectivity index (χ3n) is 8.98. The van der Waals surface area contributed by atoms with Gasteiger partial charge in [0.1, 0.15) is 0 Å². The van der Waals surface area contributed by atoms with Gasteiger partial charge in [-0.1, -0.05) is 54.6 Å². The number of fused-ring (bicyclic) bond motifs is 4. The second-order valence-corrected chi connectivity index (χ2v) is 11.4. The topological polar surface area (TPSA) is 74.4 Å². The number of benzene rings is 3. The molecule has 2 amide bonds. The molecule has 6 rings (SSSR count). The predicted octanol–water partition coefficient (Wildman–Crippen LogP) is 3.86. The highest BCUT2D eigenvalue weighted by Crippen LogP contribution is 2.48. The van der Waals surface area contributed by atoms with Gasteiger partial charge < -0.3 is 24.6 Å². The van der Waals surface area contributed by atoms with Gasteiger partial charge in [0.2, 0.25) is 5.91 Å². The van der Waals surface area contributed by atoms with Crippen LogP contribution in [0.5, 0.6) is 11.5 Å². The zero-order valence-electron chi connectivity index (χ0n) is 24.6. The molecule has 0 aliphatic carbocycles. The number of carbonyl (C=O) groups excluding carboxylic acids is 2. The maximum absolute atomic E-state index is 14.0. The molecule has 0 unspecified atom stereocenters. The highest BCUT2D eigenvalue weighted by Gasteiger charge is 2.46. The molecular weight excluding hydrogens is 528 g/mol. The minimum absolute atomic E-state index is 0.0599. The van der Waals surface area contributed by atoms with Crippen molar-refractivity contribution < 1.29 is 19.1 Å². The maximum Gasteiger partial charge on any atom is 0.254 e. The molecule has 0 saturated carbocycles. The first-order valence-electron chi connectivity index (χ1n) is 15.0. The Hall–Kier alpha value is -3.88. The van der Waals surface area contributed by atoms with Gasteiger partial charge in [0.15, 0.2) is 11.5 Å². The molecule has 1 fully saturated rings. The standard InChI is InChI=1S/C34H40N4O4/c1-41-29-21-27-28(22-30(29)42-2)34(40)38-16-13-25-11-6-7-12-26(25)32(38)31(27)33(39)35-14-8-15-36-17-19-37(20-18-36)23-24-9-4-3-5-10-24/h3-7,9-12,21-22,31-32H,8,13-20,23H2,1-2H3,(H,35,39)/t31-,32+/m1/s1. The Morgan fingerprint density at radius 3 is 2.31 bits per heavy atom. The molecule has 1 N–H and O–H groups in total. The molecule has 3 aliphatic rings. The van der Waals surface area contributed by atoms with Crippen LogP contribution in [0, 0.1) is 0 Å². The molecule has 0 bridgehead atoms. The van der Waals surface area contributed by atoms with Crippen molar-refractivity contribution in [1.29, 1.82) is 0 Å². The second kappa shape index (κ2) is 12.5. The molecule has 220 valence electrons. The van der Waals surface area contributed by atoms with E-state index in [9.17, 15) is 9.59 Å². The third kappa shape index (κ3) is 5.61. The molecule has 8 nitrogen and oxygen atoms in total. The zero-order chi connectivity index (χ0) is 29.1. The van der Waals surface area contributed by atoms with Gasteiger partial charge in [0, 0.05) is 51.4 Å². The lowest BCUT2D eigenvalue weighted by Gasteiger charge is -2.45. The van der Waals surface area contributed by atoms with Gasteiger partial charge in [-0.05, 0) is 53.8 Å². The van der Waals surface area contributed by atoms with Crippen LogP contribution in [0.4, 0.5) is 0 Å². The monoisotopic (exact) mass is 568 g/mol. The second-order valence-electron chi connectivity index (χ2n) is 11.4. The number of hydrogen-bond acceptors (Lipinski definition) is 6. The lowest BCUT2D eigenvalue weighted by molar-refractivity contribution is -0.124. The van der Waals surface area contributed by atoms with E-state index in [2.05, 4.69) is 57.6 Å². The summed E-state index contributed by atoms with van der Waals surface area (Å²) in [6.45, 7) is 7.28. The van der Waals surface area contributed by atoms with Gasteiger partial charge in [0.05, 0.1) is 26.2 Å². The third-order valence-corrected chi connectivity index (χ3v) is 8.98. The molecule has 0 spiro atoms. The van der Waals surface area contributed by atoms with E-state index >= 15 is 0 Å². The Labute approximate surface area is 248 Å². The Bertz CT molecular complexity index is 1420. The summed E-state index contributed by atoms with van der Waals surface area (Å²) in [4.78, 5) is 34.6. The maximum atomic E-state index is 14.0. The molecule has 3 aliphatic heterocycles. The number of ether oxygens (including phenoxy) is 2.